The minimum Gasteiger partial charge on any atom is -0.492 e. The first-order valence-electron chi connectivity index (χ1n) is 6.29. The van der Waals surface area contributed by atoms with E-state index >= 15 is 0 Å². The van der Waals surface area contributed by atoms with E-state index in [2.05, 4.69) is 52.1 Å². The van der Waals surface area contributed by atoms with Gasteiger partial charge in [0.1, 0.15) is 12.4 Å². The third-order valence-electron chi connectivity index (χ3n) is 2.68. The molecule has 1 aromatic rings. The lowest BCUT2D eigenvalue weighted by atomic mass is 9.97. The largest absolute Gasteiger partial charge is 0.492 e. The molecule has 0 amide bonds. The summed E-state index contributed by atoms with van der Waals surface area (Å²) in [6.07, 6.45) is 0. The van der Waals surface area contributed by atoms with E-state index < -0.39 is 0 Å². The third-order valence-corrected chi connectivity index (χ3v) is 2.68. The molecule has 1 rings (SSSR count). The lowest BCUT2D eigenvalue weighted by molar-refractivity contribution is 0.297. The summed E-state index contributed by atoms with van der Waals surface area (Å²) in [6.45, 7) is 13.5. The summed E-state index contributed by atoms with van der Waals surface area (Å²) in [5, 5.41) is 3.40. The zero-order chi connectivity index (χ0) is 12.9. The van der Waals surface area contributed by atoms with Crippen molar-refractivity contribution in [3.05, 3.63) is 29.3 Å². The van der Waals surface area contributed by atoms with E-state index in [0.29, 0.717) is 5.41 Å². The van der Waals surface area contributed by atoms with Crippen molar-refractivity contribution in [3.8, 4) is 5.75 Å². The van der Waals surface area contributed by atoms with E-state index in [9.17, 15) is 0 Å². The molecule has 1 N–H and O–H groups in total. The van der Waals surface area contributed by atoms with Crippen molar-refractivity contribution in [3.63, 3.8) is 0 Å². The molecule has 0 saturated carbocycles. The van der Waals surface area contributed by atoms with Crippen molar-refractivity contribution in [2.24, 2.45) is 5.41 Å². The number of nitrogens with one attached hydrogen (secondary N) is 1. The Balaban J connectivity index is 2.25. The number of hydrogen-bond donors (Lipinski definition) is 1. The number of ether oxygens (including phenoxy) is 1. The van der Waals surface area contributed by atoms with Crippen LogP contribution in [0.3, 0.4) is 0 Å². The Morgan fingerprint density at radius 1 is 1.12 bits per heavy atom. The summed E-state index contributed by atoms with van der Waals surface area (Å²) < 4.78 is 5.69. The molecule has 96 valence electrons. The van der Waals surface area contributed by atoms with Crippen LogP contribution in [0.1, 0.15) is 31.9 Å². The van der Waals surface area contributed by atoms with Gasteiger partial charge < -0.3 is 10.1 Å². The minimum absolute atomic E-state index is 0.334. The van der Waals surface area contributed by atoms with Crippen molar-refractivity contribution in [1.82, 2.24) is 5.32 Å². The minimum atomic E-state index is 0.334. The van der Waals surface area contributed by atoms with Gasteiger partial charge in [-0.1, -0.05) is 26.8 Å². The van der Waals surface area contributed by atoms with Gasteiger partial charge >= 0.3 is 0 Å². The molecule has 0 aliphatic rings. The molecule has 0 bridgehead atoms. The number of aryl methyl sites for hydroxylation is 2. The fourth-order valence-corrected chi connectivity index (χ4v) is 1.51. The highest BCUT2D eigenvalue weighted by molar-refractivity contribution is 5.33. The maximum atomic E-state index is 5.69. The maximum absolute atomic E-state index is 5.69. The number of benzene rings is 1. The van der Waals surface area contributed by atoms with Gasteiger partial charge in [0.2, 0.25) is 0 Å². The predicted octanol–water partition coefficient (Wildman–Crippen LogP) is 3.32. The summed E-state index contributed by atoms with van der Waals surface area (Å²) in [7, 11) is 0. The van der Waals surface area contributed by atoms with Crippen molar-refractivity contribution < 1.29 is 4.74 Å². The molecule has 0 aromatic heterocycles. The fourth-order valence-electron chi connectivity index (χ4n) is 1.51. The summed E-state index contributed by atoms with van der Waals surface area (Å²) in [5.74, 6) is 0.964. The van der Waals surface area contributed by atoms with Crippen molar-refractivity contribution in [2.75, 3.05) is 19.7 Å². The van der Waals surface area contributed by atoms with Crippen LogP contribution in [0.15, 0.2) is 18.2 Å². The van der Waals surface area contributed by atoms with Crippen LogP contribution in [0.2, 0.25) is 0 Å². The van der Waals surface area contributed by atoms with Gasteiger partial charge in [-0.2, -0.15) is 0 Å². The highest BCUT2D eigenvalue weighted by atomic mass is 16.5. The Morgan fingerprint density at radius 2 is 1.82 bits per heavy atom. The second-order valence-corrected chi connectivity index (χ2v) is 5.83. The molecule has 0 spiro atoms. The Hall–Kier alpha value is -1.02. The SMILES string of the molecule is Cc1ccc(OCCNCC(C)(C)C)cc1C. The average Bonchev–Trinajstić information content (AvgIpc) is 2.21. The van der Waals surface area contributed by atoms with E-state index in [1.807, 2.05) is 6.07 Å². The molecule has 0 aliphatic heterocycles. The highest BCUT2D eigenvalue weighted by Gasteiger charge is 2.08. The van der Waals surface area contributed by atoms with Gasteiger partial charge in [0.15, 0.2) is 0 Å². The second-order valence-electron chi connectivity index (χ2n) is 5.83. The summed E-state index contributed by atoms with van der Waals surface area (Å²) >= 11 is 0. The molecule has 0 unspecified atom stereocenters. The Morgan fingerprint density at radius 3 is 2.41 bits per heavy atom. The molecule has 0 aliphatic carbocycles. The standard InChI is InChI=1S/C15H25NO/c1-12-6-7-14(10-13(12)2)17-9-8-16-11-15(3,4)5/h6-7,10,16H,8-9,11H2,1-5H3. The molecular weight excluding hydrogens is 210 g/mol. The van der Waals surface area contributed by atoms with Crippen molar-refractivity contribution in [2.45, 2.75) is 34.6 Å². The molecule has 2 nitrogen and oxygen atoms in total. The van der Waals surface area contributed by atoms with Crippen LogP contribution in [-0.2, 0) is 0 Å². The number of hydrogen-bond acceptors (Lipinski definition) is 2. The van der Waals surface area contributed by atoms with Crippen LogP contribution in [0.5, 0.6) is 5.75 Å². The van der Waals surface area contributed by atoms with E-state index in [1.54, 1.807) is 0 Å². The Kier molecular flexibility index (Phi) is 5.01. The van der Waals surface area contributed by atoms with E-state index in [-0.39, 0.29) is 0 Å². The van der Waals surface area contributed by atoms with Gasteiger partial charge in [-0.25, -0.2) is 0 Å². The van der Waals surface area contributed by atoms with Gasteiger partial charge in [0, 0.05) is 13.1 Å². The van der Waals surface area contributed by atoms with Gasteiger partial charge in [0.25, 0.3) is 0 Å². The molecule has 2 heteroatoms. The first-order valence-corrected chi connectivity index (χ1v) is 6.29. The second kappa shape index (κ2) is 6.06. The van der Waals surface area contributed by atoms with Crippen molar-refractivity contribution >= 4 is 0 Å². The molecule has 1 aromatic carbocycles. The first kappa shape index (κ1) is 14.0. The Bertz CT molecular complexity index is 352. The van der Waals surface area contributed by atoms with Crippen LogP contribution >= 0.6 is 0 Å². The molecule has 0 heterocycles. The van der Waals surface area contributed by atoms with Gasteiger partial charge in [0.05, 0.1) is 0 Å². The third kappa shape index (κ3) is 5.73. The van der Waals surface area contributed by atoms with Crippen LogP contribution in [0, 0.1) is 19.3 Å². The lowest BCUT2D eigenvalue weighted by Crippen LogP contribution is -2.30. The highest BCUT2D eigenvalue weighted by Crippen LogP contribution is 2.16. The number of rotatable bonds is 5. The maximum Gasteiger partial charge on any atom is 0.119 e. The van der Waals surface area contributed by atoms with E-state index in [0.717, 1.165) is 25.4 Å². The van der Waals surface area contributed by atoms with Gasteiger partial charge in [-0.3, -0.25) is 0 Å². The molecule has 0 atom stereocenters. The molecule has 17 heavy (non-hydrogen) atoms. The Labute approximate surface area is 105 Å². The monoisotopic (exact) mass is 235 g/mol. The van der Waals surface area contributed by atoms with Gasteiger partial charge in [-0.15, -0.1) is 0 Å². The van der Waals surface area contributed by atoms with Gasteiger partial charge in [-0.05, 0) is 42.5 Å². The molecule has 0 radical (unpaired) electrons. The normalized spacial score (nSPS) is 11.6. The topological polar surface area (TPSA) is 21.3 Å². The average molecular weight is 235 g/mol. The fraction of sp³-hybridized carbons (Fsp3) is 0.600. The van der Waals surface area contributed by atoms with Crippen LogP contribution in [0.25, 0.3) is 0 Å². The molecular formula is C15H25NO. The van der Waals surface area contributed by atoms with Crippen molar-refractivity contribution in [1.29, 1.82) is 0 Å². The molecule has 0 saturated heterocycles. The lowest BCUT2D eigenvalue weighted by Gasteiger charge is -2.18. The van der Waals surface area contributed by atoms with Crippen LogP contribution in [0.4, 0.5) is 0 Å². The van der Waals surface area contributed by atoms with Crippen LogP contribution < -0.4 is 10.1 Å². The summed E-state index contributed by atoms with van der Waals surface area (Å²) in [5.41, 5.74) is 2.92. The molecule has 0 fully saturated rings. The summed E-state index contributed by atoms with van der Waals surface area (Å²) in [6, 6.07) is 6.23. The summed E-state index contributed by atoms with van der Waals surface area (Å²) in [4.78, 5) is 0. The zero-order valence-corrected chi connectivity index (χ0v) is 11.8. The zero-order valence-electron chi connectivity index (χ0n) is 11.8. The smallest absolute Gasteiger partial charge is 0.119 e. The van der Waals surface area contributed by atoms with Crippen LogP contribution in [-0.4, -0.2) is 19.7 Å². The quantitative estimate of drug-likeness (QED) is 0.791. The van der Waals surface area contributed by atoms with E-state index in [1.165, 1.54) is 11.1 Å². The predicted molar refractivity (Wildman–Crippen MR) is 73.7 cm³/mol. The van der Waals surface area contributed by atoms with E-state index in [4.69, 9.17) is 4.74 Å². The first-order chi connectivity index (χ1) is 7.88.